The van der Waals surface area contributed by atoms with Gasteiger partial charge in [0.2, 0.25) is 0 Å². The molecule has 0 aliphatic heterocycles. The Balaban J connectivity index is 2.91. The Morgan fingerprint density at radius 2 is 2.25 bits per heavy atom. The number of carboxylic acids is 1. The van der Waals surface area contributed by atoms with Crippen molar-refractivity contribution in [1.82, 2.24) is 10.3 Å². The Morgan fingerprint density at radius 1 is 1.56 bits per heavy atom. The Hall–Kier alpha value is -1.62. The standard InChI is InChI=1S/C11H17N3O2/c1-8-6-9(11(15)16)7-10(13-8)14(3)5-4-12-2/h6-7,12H,4-5H2,1-3H3,(H,15,16). The number of carboxylic acid groups (broad SMARTS) is 1. The van der Waals surface area contributed by atoms with E-state index in [1.807, 2.05) is 19.0 Å². The molecule has 1 rings (SSSR count). The van der Waals surface area contributed by atoms with Gasteiger partial charge in [-0.25, -0.2) is 9.78 Å². The van der Waals surface area contributed by atoms with Gasteiger partial charge in [0.1, 0.15) is 5.82 Å². The molecule has 0 aliphatic rings. The molecule has 0 atom stereocenters. The maximum absolute atomic E-state index is 10.9. The summed E-state index contributed by atoms with van der Waals surface area (Å²) < 4.78 is 0. The van der Waals surface area contributed by atoms with Gasteiger partial charge in [0.15, 0.2) is 0 Å². The summed E-state index contributed by atoms with van der Waals surface area (Å²) in [5.41, 5.74) is 0.991. The van der Waals surface area contributed by atoms with E-state index in [0.29, 0.717) is 11.5 Å². The topological polar surface area (TPSA) is 65.5 Å². The van der Waals surface area contributed by atoms with Crippen LogP contribution in [0.1, 0.15) is 16.1 Å². The number of nitrogens with zero attached hydrogens (tertiary/aromatic N) is 2. The Kier molecular flexibility index (Phi) is 4.25. The minimum absolute atomic E-state index is 0.277. The summed E-state index contributed by atoms with van der Waals surface area (Å²) in [6, 6.07) is 3.16. The average Bonchev–Trinajstić information content (AvgIpc) is 2.24. The fourth-order valence-electron chi connectivity index (χ4n) is 1.36. The highest BCUT2D eigenvalue weighted by Crippen LogP contribution is 2.13. The van der Waals surface area contributed by atoms with Gasteiger partial charge in [-0.3, -0.25) is 0 Å². The second-order valence-corrected chi connectivity index (χ2v) is 3.69. The summed E-state index contributed by atoms with van der Waals surface area (Å²) in [5.74, 6) is -0.235. The fraction of sp³-hybridized carbons (Fsp3) is 0.455. The van der Waals surface area contributed by atoms with E-state index in [4.69, 9.17) is 5.11 Å². The predicted molar refractivity (Wildman–Crippen MR) is 63.1 cm³/mol. The molecule has 0 fully saturated rings. The molecule has 1 heterocycles. The van der Waals surface area contributed by atoms with Crippen molar-refractivity contribution in [2.45, 2.75) is 6.92 Å². The average molecular weight is 223 g/mol. The Labute approximate surface area is 95.1 Å². The van der Waals surface area contributed by atoms with Crippen molar-refractivity contribution < 1.29 is 9.90 Å². The van der Waals surface area contributed by atoms with Gasteiger partial charge in [-0.05, 0) is 26.1 Å². The number of rotatable bonds is 5. The summed E-state index contributed by atoms with van der Waals surface area (Å²) in [6.45, 7) is 3.41. The van der Waals surface area contributed by atoms with Gasteiger partial charge in [0.05, 0.1) is 5.56 Å². The summed E-state index contributed by atoms with van der Waals surface area (Å²) in [6.07, 6.45) is 0. The lowest BCUT2D eigenvalue weighted by Crippen LogP contribution is -2.28. The third-order valence-electron chi connectivity index (χ3n) is 2.28. The van der Waals surface area contributed by atoms with Crippen LogP contribution in [-0.4, -0.2) is 43.2 Å². The first-order valence-electron chi connectivity index (χ1n) is 5.12. The molecule has 0 saturated heterocycles. The maximum Gasteiger partial charge on any atom is 0.335 e. The first-order valence-corrected chi connectivity index (χ1v) is 5.12. The third-order valence-corrected chi connectivity index (χ3v) is 2.28. The molecular formula is C11H17N3O2. The summed E-state index contributed by atoms with van der Waals surface area (Å²) in [4.78, 5) is 17.1. The molecule has 5 nitrogen and oxygen atoms in total. The van der Waals surface area contributed by atoms with Crippen molar-refractivity contribution in [2.75, 3.05) is 32.1 Å². The van der Waals surface area contributed by atoms with Crippen LogP contribution in [0.2, 0.25) is 0 Å². The zero-order valence-corrected chi connectivity index (χ0v) is 9.82. The second-order valence-electron chi connectivity index (χ2n) is 3.69. The third kappa shape index (κ3) is 3.20. The first-order chi connectivity index (χ1) is 7.54. The number of nitrogens with one attached hydrogen (secondary N) is 1. The van der Waals surface area contributed by atoms with Gasteiger partial charge in [-0.2, -0.15) is 0 Å². The molecule has 0 aliphatic carbocycles. The maximum atomic E-state index is 10.9. The van der Waals surface area contributed by atoms with E-state index in [-0.39, 0.29) is 5.56 Å². The van der Waals surface area contributed by atoms with Crippen molar-refractivity contribution >= 4 is 11.8 Å². The lowest BCUT2D eigenvalue weighted by atomic mass is 10.2. The molecule has 1 aromatic rings. The van der Waals surface area contributed by atoms with Gasteiger partial charge in [0.25, 0.3) is 0 Å². The number of pyridine rings is 1. The zero-order chi connectivity index (χ0) is 12.1. The minimum Gasteiger partial charge on any atom is -0.478 e. The molecule has 0 aromatic carbocycles. The van der Waals surface area contributed by atoms with E-state index < -0.39 is 5.97 Å². The molecular weight excluding hydrogens is 206 g/mol. The monoisotopic (exact) mass is 223 g/mol. The fourth-order valence-corrected chi connectivity index (χ4v) is 1.36. The van der Waals surface area contributed by atoms with Gasteiger partial charge in [-0.1, -0.05) is 0 Å². The summed E-state index contributed by atoms with van der Waals surface area (Å²) in [7, 11) is 3.77. The second kappa shape index (κ2) is 5.46. The van der Waals surface area contributed by atoms with Crippen LogP contribution in [0.4, 0.5) is 5.82 Å². The van der Waals surface area contributed by atoms with Crippen molar-refractivity contribution in [2.24, 2.45) is 0 Å². The molecule has 0 amide bonds. The molecule has 1 aromatic heterocycles. The molecule has 0 bridgehead atoms. The number of hydrogen-bond donors (Lipinski definition) is 2. The molecule has 0 spiro atoms. The first kappa shape index (κ1) is 12.4. The van der Waals surface area contributed by atoms with Gasteiger partial charge in [-0.15, -0.1) is 0 Å². The number of aromatic carboxylic acids is 1. The van der Waals surface area contributed by atoms with Crippen LogP contribution < -0.4 is 10.2 Å². The van der Waals surface area contributed by atoms with Crippen LogP contribution in [0.25, 0.3) is 0 Å². The van der Waals surface area contributed by atoms with Crippen molar-refractivity contribution in [3.05, 3.63) is 23.4 Å². The lowest BCUT2D eigenvalue weighted by molar-refractivity contribution is 0.0696. The van der Waals surface area contributed by atoms with E-state index in [9.17, 15) is 4.79 Å². The SMILES string of the molecule is CNCCN(C)c1cc(C(=O)O)cc(C)n1. The highest BCUT2D eigenvalue weighted by atomic mass is 16.4. The van der Waals surface area contributed by atoms with E-state index in [1.165, 1.54) is 0 Å². The largest absolute Gasteiger partial charge is 0.478 e. The van der Waals surface area contributed by atoms with Crippen LogP contribution in [0.5, 0.6) is 0 Å². The highest BCUT2D eigenvalue weighted by molar-refractivity contribution is 5.88. The molecule has 5 heteroatoms. The number of hydrogen-bond acceptors (Lipinski definition) is 4. The van der Waals surface area contributed by atoms with E-state index >= 15 is 0 Å². The van der Waals surface area contributed by atoms with E-state index in [0.717, 1.165) is 13.1 Å². The van der Waals surface area contributed by atoms with Crippen molar-refractivity contribution in [3.63, 3.8) is 0 Å². The van der Waals surface area contributed by atoms with Crippen molar-refractivity contribution in [3.8, 4) is 0 Å². The van der Waals surface area contributed by atoms with E-state index in [1.54, 1.807) is 19.1 Å². The predicted octanol–water partition coefficient (Wildman–Crippen LogP) is 0.744. The van der Waals surface area contributed by atoms with Crippen LogP contribution >= 0.6 is 0 Å². The molecule has 0 unspecified atom stereocenters. The van der Waals surface area contributed by atoms with Crippen LogP contribution in [-0.2, 0) is 0 Å². The molecule has 2 N–H and O–H groups in total. The highest BCUT2D eigenvalue weighted by Gasteiger charge is 2.09. The number of anilines is 1. The Morgan fingerprint density at radius 3 is 2.81 bits per heavy atom. The smallest absolute Gasteiger partial charge is 0.335 e. The van der Waals surface area contributed by atoms with E-state index in [2.05, 4.69) is 10.3 Å². The quantitative estimate of drug-likeness (QED) is 0.771. The number of likely N-dealkylation sites (N-methyl/N-ethyl adjacent to an activating group) is 2. The number of carbonyl (C=O) groups is 1. The molecule has 16 heavy (non-hydrogen) atoms. The van der Waals surface area contributed by atoms with Gasteiger partial charge < -0.3 is 15.3 Å². The minimum atomic E-state index is -0.922. The van der Waals surface area contributed by atoms with Crippen LogP contribution in [0.3, 0.4) is 0 Å². The van der Waals surface area contributed by atoms with Crippen LogP contribution in [0.15, 0.2) is 12.1 Å². The normalized spacial score (nSPS) is 10.2. The summed E-state index contributed by atoms with van der Waals surface area (Å²) in [5, 5.41) is 12.0. The number of aryl methyl sites for hydroxylation is 1. The van der Waals surface area contributed by atoms with Crippen LogP contribution in [0, 0.1) is 6.92 Å². The molecule has 0 saturated carbocycles. The summed E-state index contributed by atoms with van der Waals surface area (Å²) >= 11 is 0. The van der Waals surface area contributed by atoms with Gasteiger partial charge >= 0.3 is 5.97 Å². The van der Waals surface area contributed by atoms with Gasteiger partial charge in [0, 0.05) is 25.8 Å². The zero-order valence-electron chi connectivity index (χ0n) is 9.82. The lowest BCUT2D eigenvalue weighted by Gasteiger charge is -2.18. The molecule has 88 valence electrons. The van der Waals surface area contributed by atoms with Crippen molar-refractivity contribution in [1.29, 1.82) is 0 Å². The molecule has 0 radical (unpaired) electrons. The Bertz CT molecular complexity index is 379. The number of aromatic nitrogens is 1.